The van der Waals surface area contributed by atoms with Crippen LogP contribution in [0.4, 0.5) is 5.69 Å². The summed E-state index contributed by atoms with van der Waals surface area (Å²) in [6, 6.07) is 16.2. The predicted octanol–water partition coefficient (Wildman–Crippen LogP) is 5.85. The second-order valence-corrected chi connectivity index (χ2v) is 7.40. The number of nitrogens with one attached hydrogen (secondary N) is 2. The Morgan fingerprint density at radius 2 is 1.74 bits per heavy atom. The zero-order chi connectivity index (χ0) is 19.8. The van der Waals surface area contributed by atoms with E-state index in [4.69, 9.17) is 12.2 Å². The third-order valence-electron chi connectivity index (χ3n) is 4.62. The Labute approximate surface area is 167 Å². The number of carbonyl (C=O) groups excluding carboxylic acids is 1. The summed E-state index contributed by atoms with van der Waals surface area (Å²) in [6.07, 6.45) is 4.32. The summed E-state index contributed by atoms with van der Waals surface area (Å²) in [5.74, 6) is 0.662. The van der Waals surface area contributed by atoms with Gasteiger partial charge in [0.2, 0.25) is 5.91 Å². The standard InChI is InChI=1S/C23H28N2OS/c1-5-17(4)20-8-6-7-9-21(20)24-23(27)25-22(26)15-12-18-10-13-19(14-11-18)16(2)3/h6-17H,5H2,1-4H3,(H2,24,25,26,27). The van der Waals surface area contributed by atoms with Crippen LogP contribution in [0.25, 0.3) is 6.08 Å². The molecule has 1 amide bonds. The van der Waals surface area contributed by atoms with E-state index in [0.29, 0.717) is 16.9 Å². The van der Waals surface area contributed by atoms with Crippen molar-refractivity contribution in [2.24, 2.45) is 0 Å². The van der Waals surface area contributed by atoms with E-state index in [1.165, 1.54) is 17.2 Å². The minimum atomic E-state index is -0.249. The second kappa shape index (κ2) is 10.0. The fourth-order valence-electron chi connectivity index (χ4n) is 2.73. The maximum Gasteiger partial charge on any atom is 0.250 e. The molecule has 0 fully saturated rings. The lowest BCUT2D eigenvalue weighted by atomic mass is 9.97. The van der Waals surface area contributed by atoms with Crippen LogP contribution in [0, 0.1) is 0 Å². The summed E-state index contributed by atoms with van der Waals surface area (Å²) >= 11 is 5.29. The fraction of sp³-hybridized carbons (Fsp3) is 0.304. The van der Waals surface area contributed by atoms with E-state index in [9.17, 15) is 4.79 Å². The van der Waals surface area contributed by atoms with Gasteiger partial charge in [-0.3, -0.25) is 10.1 Å². The zero-order valence-electron chi connectivity index (χ0n) is 16.5. The van der Waals surface area contributed by atoms with Gasteiger partial charge < -0.3 is 5.32 Å². The SMILES string of the molecule is CCC(C)c1ccccc1NC(=S)NC(=O)C=Cc1ccc(C(C)C)cc1. The first-order valence-corrected chi connectivity index (χ1v) is 9.80. The Morgan fingerprint density at radius 3 is 2.37 bits per heavy atom. The van der Waals surface area contributed by atoms with Gasteiger partial charge in [0, 0.05) is 11.8 Å². The molecule has 2 rings (SSSR count). The summed E-state index contributed by atoms with van der Waals surface area (Å²) in [5.41, 5.74) is 4.39. The summed E-state index contributed by atoms with van der Waals surface area (Å²) < 4.78 is 0. The molecule has 3 nitrogen and oxygen atoms in total. The average Bonchev–Trinajstić information content (AvgIpc) is 2.66. The molecule has 2 aromatic carbocycles. The first kappa shape index (κ1) is 20.8. The lowest BCUT2D eigenvalue weighted by molar-refractivity contribution is -0.115. The second-order valence-electron chi connectivity index (χ2n) is 6.99. The van der Waals surface area contributed by atoms with Crippen molar-refractivity contribution in [2.45, 2.75) is 46.0 Å². The van der Waals surface area contributed by atoms with Gasteiger partial charge in [0.05, 0.1) is 0 Å². The number of anilines is 1. The van der Waals surface area contributed by atoms with Crippen LogP contribution in [0.1, 0.15) is 62.6 Å². The number of hydrogen-bond donors (Lipinski definition) is 2. The van der Waals surface area contributed by atoms with Gasteiger partial charge in [-0.2, -0.15) is 0 Å². The Kier molecular flexibility index (Phi) is 7.74. The minimum Gasteiger partial charge on any atom is -0.332 e. The molecule has 0 saturated carbocycles. The van der Waals surface area contributed by atoms with Crippen LogP contribution in [0.2, 0.25) is 0 Å². The van der Waals surface area contributed by atoms with Gasteiger partial charge in [0.1, 0.15) is 0 Å². The molecule has 0 aliphatic carbocycles. The third kappa shape index (κ3) is 6.33. The maximum absolute atomic E-state index is 12.1. The zero-order valence-corrected chi connectivity index (χ0v) is 17.3. The quantitative estimate of drug-likeness (QED) is 0.488. The van der Waals surface area contributed by atoms with Crippen LogP contribution in [-0.2, 0) is 4.79 Å². The van der Waals surface area contributed by atoms with Crippen LogP contribution in [0.3, 0.4) is 0 Å². The van der Waals surface area contributed by atoms with E-state index in [-0.39, 0.29) is 5.91 Å². The lowest BCUT2D eigenvalue weighted by Crippen LogP contribution is -2.33. The summed E-state index contributed by atoms with van der Waals surface area (Å²) in [7, 11) is 0. The largest absolute Gasteiger partial charge is 0.332 e. The molecule has 2 N–H and O–H groups in total. The molecular formula is C23H28N2OS. The van der Waals surface area contributed by atoms with Crippen molar-refractivity contribution < 1.29 is 4.79 Å². The monoisotopic (exact) mass is 380 g/mol. The first-order chi connectivity index (χ1) is 12.9. The Hall–Kier alpha value is -2.46. The number of amides is 1. The molecule has 4 heteroatoms. The molecule has 1 unspecified atom stereocenters. The van der Waals surface area contributed by atoms with Crippen molar-refractivity contribution in [1.29, 1.82) is 0 Å². The van der Waals surface area contributed by atoms with Gasteiger partial charge in [-0.25, -0.2) is 0 Å². The molecule has 1 atom stereocenters. The number of para-hydroxylation sites is 1. The van der Waals surface area contributed by atoms with Crippen LogP contribution < -0.4 is 10.6 Å². The first-order valence-electron chi connectivity index (χ1n) is 9.39. The average molecular weight is 381 g/mol. The van der Waals surface area contributed by atoms with Crippen molar-refractivity contribution >= 4 is 35.0 Å². The molecule has 0 saturated heterocycles. The van der Waals surface area contributed by atoms with Crippen LogP contribution in [0.15, 0.2) is 54.6 Å². The number of hydrogen-bond acceptors (Lipinski definition) is 2. The number of carbonyl (C=O) groups is 1. The molecule has 0 bridgehead atoms. The molecule has 2 aromatic rings. The molecule has 142 valence electrons. The van der Waals surface area contributed by atoms with E-state index < -0.39 is 0 Å². The molecule has 0 aliphatic rings. The van der Waals surface area contributed by atoms with Gasteiger partial charge in [-0.15, -0.1) is 0 Å². The molecular weight excluding hydrogens is 352 g/mol. The normalized spacial score (nSPS) is 12.2. The van der Waals surface area contributed by atoms with E-state index >= 15 is 0 Å². The smallest absolute Gasteiger partial charge is 0.250 e. The van der Waals surface area contributed by atoms with Crippen LogP contribution >= 0.6 is 12.2 Å². The Balaban J connectivity index is 1.95. The Bertz CT molecular complexity index is 809. The van der Waals surface area contributed by atoms with E-state index in [1.807, 2.05) is 30.3 Å². The van der Waals surface area contributed by atoms with Crippen molar-refractivity contribution in [3.05, 3.63) is 71.3 Å². The summed E-state index contributed by atoms with van der Waals surface area (Å²) in [5, 5.41) is 6.15. The molecule has 27 heavy (non-hydrogen) atoms. The van der Waals surface area contributed by atoms with Gasteiger partial charge in [-0.05, 0) is 59.3 Å². The third-order valence-corrected chi connectivity index (χ3v) is 4.82. The maximum atomic E-state index is 12.1. The van der Waals surface area contributed by atoms with Gasteiger partial charge >= 0.3 is 0 Å². The highest BCUT2D eigenvalue weighted by Gasteiger charge is 2.10. The number of benzene rings is 2. The molecule has 0 radical (unpaired) electrons. The van der Waals surface area contributed by atoms with Gasteiger partial charge in [0.15, 0.2) is 5.11 Å². The summed E-state index contributed by atoms with van der Waals surface area (Å²) in [4.78, 5) is 12.1. The Morgan fingerprint density at radius 1 is 1.07 bits per heavy atom. The summed E-state index contributed by atoms with van der Waals surface area (Å²) in [6.45, 7) is 8.65. The molecule has 0 spiro atoms. The highest BCUT2D eigenvalue weighted by molar-refractivity contribution is 7.80. The minimum absolute atomic E-state index is 0.249. The van der Waals surface area contributed by atoms with Gasteiger partial charge in [-0.1, -0.05) is 70.2 Å². The van der Waals surface area contributed by atoms with E-state index in [0.717, 1.165) is 17.7 Å². The van der Waals surface area contributed by atoms with Crippen LogP contribution in [0.5, 0.6) is 0 Å². The van der Waals surface area contributed by atoms with Crippen molar-refractivity contribution in [1.82, 2.24) is 5.32 Å². The van der Waals surface area contributed by atoms with Gasteiger partial charge in [0.25, 0.3) is 0 Å². The molecule has 0 aromatic heterocycles. The van der Waals surface area contributed by atoms with Crippen molar-refractivity contribution in [3.8, 4) is 0 Å². The highest BCUT2D eigenvalue weighted by atomic mass is 32.1. The lowest BCUT2D eigenvalue weighted by Gasteiger charge is -2.16. The molecule has 0 heterocycles. The fourth-order valence-corrected chi connectivity index (χ4v) is 2.94. The van der Waals surface area contributed by atoms with E-state index in [2.05, 4.69) is 56.5 Å². The predicted molar refractivity (Wildman–Crippen MR) is 119 cm³/mol. The van der Waals surface area contributed by atoms with Crippen molar-refractivity contribution in [3.63, 3.8) is 0 Å². The van der Waals surface area contributed by atoms with Crippen molar-refractivity contribution in [2.75, 3.05) is 5.32 Å². The molecule has 0 aliphatic heterocycles. The topological polar surface area (TPSA) is 41.1 Å². The van der Waals surface area contributed by atoms with E-state index in [1.54, 1.807) is 6.08 Å². The highest BCUT2D eigenvalue weighted by Crippen LogP contribution is 2.26. The number of rotatable bonds is 6. The van der Waals surface area contributed by atoms with Crippen LogP contribution in [-0.4, -0.2) is 11.0 Å². The number of thiocarbonyl (C=S) groups is 1.